The summed E-state index contributed by atoms with van der Waals surface area (Å²) in [4.78, 5) is 18.7. The van der Waals surface area contributed by atoms with Crippen LogP contribution in [-0.2, 0) is 6.42 Å². The predicted octanol–water partition coefficient (Wildman–Crippen LogP) is 2.14. The fraction of sp³-hybridized carbons (Fsp3) is 0.600. The summed E-state index contributed by atoms with van der Waals surface area (Å²) in [7, 11) is 0. The van der Waals surface area contributed by atoms with Crippen LogP contribution in [0.1, 0.15) is 31.0 Å². The molecule has 0 aromatic carbocycles. The quantitative estimate of drug-likeness (QED) is 0.614. The van der Waals surface area contributed by atoms with E-state index in [0.717, 1.165) is 30.5 Å². The zero-order valence-electron chi connectivity index (χ0n) is 8.89. The highest BCUT2D eigenvalue weighted by molar-refractivity contribution is 7.98. The Labute approximate surface area is 88.3 Å². The van der Waals surface area contributed by atoms with Crippen molar-refractivity contribution >= 4 is 11.8 Å². The monoisotopic (exact) mass is 212 g/mol. The van der Waals surface area contributed by atoms with Crippen LogP contribution >= 0.6 is 11.8 Å². The van der Waals surface area contributed by atoms with Crippen molar-refractivity contribution in [3.05, 3.63) is 21.6 Å². The van der Waals surface area contributed by atoms with E-state index in [1.54, 1.807) is 0 Å². The molecule has 78 valence electrons. The van der Waals surface area contributed by atoms with Gasteiger partial charge in [-0.2, -0.15) is 0 Å². The van der Waals surface area contributed by atoms with E-state index in [0.29, 0.717) is 5.16 Å². The Morgan fingerprint density at radius 2 is 2.21 bits per heavy atom. The number of nitrogens with zero attached hydrogens (tertiary/aromatic N) is 1. The molecule has 0 aliphatic carbocycles. The van der Waals surface area contributed by atoms with E-state index in [1.165, 1.54) is 11.8 Å². The van der Waals surface area contributed by atoms with Gasteiger partial charge in [0, 0.05) is 11.3 Å². The summed E-state index contributed by atoms with van der Waals surface area (Å²) in [5.41, 5.74) is 1.73. The van der Waals surface area contributed by atoms with Crippen LogP contribution < -0.4 is 5.56 Å². The van der Waals surface area contributed by atoms with Gasteiger partial charge in [0.05, 0.1) is 0 Å². The van der Waals surface area contributed by atoms with Gasteiger partial charge in [-0.3, -0.25) is 4.79 Å². The SMILES string of the molecule is CCCCc1c(C)nc(SC)[nH]c1=O. The molecule has 1 aromatic rings. The molecule has 0 spiro atoms. The van der Waals surface area contributed by atoms with Gasteiger partial charge in [0.2, 0.25) is 0 Å². The molecule has 0 unspecified atom stereocenters. The standard InChI is InChI=1S/C10H16N2OS/c1-4-5-6-8-7(2)11-10(14-3)12-9(8)13/h4-6H2,1-3H3,(H,11,12,13). The van der Waals surface area contributed by atoms with E-state index in [-0.39, 0.29) is 5.56 Å². The number of aromatic nitrogens is 2. The fourth-order valence-corrected chi connectivity index (χ4v) is 1.75. The van der Waals surface area contributed by atoms with Crippen LogP contribution in [0.2, 0.25) is 0 Å². The van der Waals surface area contributed by atoms with Gasteiger partial charge in [-0.25, -0.2) is 4.98 Å². The number of rotatable bonds is 4. The van der Waals surface area contributed by atoms with E-state index in [4.69, 9.17) is 0 Å². The van der Waals surface area contributed by atoms with Crippen molar-refractivity contribution in [3.8, 4) is 0 Å². The van der Waals surface area contributed by atoms with Crippen LogP contribution in [0.5, 0.6) is 0 Å². The molecule has 4 heteroatoms. The molecule has 0 radical (unpaired) electrons. The minimum absolute atomic E-state index is 0.0234. The molecule has 0 saturated carbocycles. The molecule has 1 N–H and O–H groups in total. The van der Waals surface area contributed by atoms with Gasteiger partial charge in [-0.1, -0.05) is 25.1 Å². The normalized spacial score (nSPS) is 10.5. The Morgan fingerprint density at radius 3 is 2.71 bits per heavy atom. The second-order valence-electron chi connectivity index (χ2n) is 3.24. The molecule has 0 fully saturated rings. The average molecular weight is 212 g/mol. The largest absolute Gasteiger partial charge is 0.301 e. The smallest absolute Gasteiger partial charge is 0.254 e. The van der Waals surface area contributed by atoms with Crippen molar-refractivity contribution in [2.75, 3.05) is 6.26 Å². The highest BCUT2D eigenvalue weighted by Crippen LogP contribution is 2.09. The Morgan fingerprint density at radius 1 is 1.50 bits per heavy atom. The summed E-state index contributed by atoms with van der Waals surface area (Å²) in [5.74, 6) is 0. The Kier molecular flexibility index (Phi) is 4.20. The van der Waals surface area contributed by atoms with Crippen molar-refractivity contribution in [1.29, 1.82) is 0 Å². The molecule has 0 amide bonds. The van der Waals surface area contributed by atoms with Crippen molar-refractivity contribution in [1.82, 2.24) is 9.97 Å². The summed E-state index contributed by atoms with van der Waals surface area (Å²) in [6.45, 7) is 4.02. The van der Waals surface area contributed by atoms with Crippen LogP contribution in [0.25, 0.3) is 0 Å². The van der Waals surface area contributed by atoms with Gasteiger partial charge in [0.15, 0.2) is 5.16 Å². The Bertz CT molecular complexity index is 360. The van der Waals surface area contributed by atoms with E-state index >= 15 is 0 Å². The topological polar surface area (TPSA) is 45.8 Å². The number of aryl methyl sites for hydroxylation is 1. The molecule has 1 rings (SSSR count). The van der Waals surface area contributed by atoms with Crippen LogP contribution in [0.15, 0.2) is 9.95 Å². The highest BCUT2D eigenvalue weighted by Gasteiger charge is 2.06. The zero-order chi connectivity index (χ0) is 10.6. The first-order valence-electron chi connectivity index (χ1n) is 4.82. The maximum Gasteiger partial charge on any atom is 0.254 e. The first kappa shape index (κ1) is 11.3. The second-order valence-corrected chi connectivity index (χ2v) is 4.04. The molecule has 0 aliphatic heterocycles. The molecule has 0 bridgehead atoms. The van der Waals surface area contributed by atoms with Crippen molar-refractivity contribution < 1.29 is 0 Å². The lowest BCUT2D eigenvalue weighted by atomic mass is 10.1. The number of hydrogen-bond acceptors (Lipinski definition) is 3. The van der Waals surface area contributed by atoms with Gasteiger partial charge in [-0.15, -0.1) is 0 Å². The van der Waals surface area contributed by atoms with E-state index in [9.17, 15) is 4.79 Å². The molecular weight excluding hydrogens is 196 g/mol. The number of aromatic amines is 1. The van der Waals surface area contributed by atoms with Crippen molar-refractivity contribution in [3.63, 3.8) is 0 Å². The first-order chi connectivity index (χ1) is 6.69. The molecule has 14 heavy (non-hydrogen) atoms. The highest BCUT2D eigenvalue weighted by atomic mass is 32.2. The summed E-state index contributed by atoms with van der Waals surface area (Å²) < 4.78 is 0. The summed E-state index contributed by atoms with van der Waals surface area (Å²) in [5, 5.41) is 0.702. The van der Waals surface area contributed by atoms with Gasteiger partial charge < -0.3 is 4.98 Å². The number of thioether (sulfide) groups is 1. The lowest BCUT2D eigenvalue weighted by molar-refractivity contribution is 0.758. The Balaban J connectivity index is 3.00. The predicted molar refractivity (Wildman–Crippen MR) is 60.0 cm³/mol. The molecule has 1 aromatic heterocycles. The van der Waals surface area contributed by atoms with Crippen LogP contribution in [0.4, 0.5) is 0 Å². The van der Waals surface area contributed by atoms with E-state index < -0.39 is 0 Å². The van der Waals surface area contributed by atoms with E-state index in [1.807, 2.05) is 13.2 Å². The van der Waals surface area contributed by atoms with Gasteiger partial charge in [-0.05, 0) is 26.0 Å². The average Bonchev–Trinajstić information content (AvgIpc) is 2.16. The summed E-state index contributed by atoms with van der Waals surface area (Å²) >= 11 is 1.46. The lowest BCUT2D eigenvalue weighted by Gasteiger charge is -2.04. The molecule has 1 heterocycles. The lowest BCUT2D eigenvalue weighted by Crippen LogP contribution is -2.17. The van der Waals surface area contributed by atoms with Crippen LogP contribution in [0.3, 0.4) is 0 Å². The second kappa shape index (κ2) is 5.20. The van der Waals surface area contributed by atoms with Gasteiger partial charge in [0.1, 0.15) is 0 Å². The van der Waals surface area contributed by atoms with E-state index in [2.05, 4.69) is 16.9 Å². The molecule has 3 nitrogen and oxygen atoms in total. The summed E-state index contributed by atoms with van der Waals surface area (Å²) in [6, 6.07) is 0. The third-order valence-electron chi connectivity index (χ3n) is 2.17. The first-order valence-corrected chi connectivity index (χ1v) is 6.05. The maximum atomic E-state index is 11.6. The van der Waals surface area contributed by atoms with Crippen molar-refractivity contribution in [2.24, 2.45) is 0 Å². The fourth-order valence-electron chi connectivity index (χ4n) is 1.33. The number of nitrogens with one attached hydrogen (secondary N) is 1. The molecular formula is C10H16N2OS. The molecule has 0 aliphatic rings. The van der Waals surface area contributed by atoms with Crippen molar-refractivity contribution in [2.45, 2.75) is 38.3 Å². The van der Waals surface area contributed by atoms with Crippen LogP contribution in [-0.4, -0.2) is 16.2 Å². The third-order valence-corrected chi connectivity index (χ3v) is 2.75. The minimum atomic E-state index is 0.0234. The third kappa shape index (κ3) is 2.61. The van der Waals surface area contributed by atoms with Crippen LogP contribution in [0, 0.1) is 6.92 Å². The Hall–Kier alpha value is -0.770. The minimum Gasteiger partial charge on any atom is -0.301 e. The van der Waals surface area contributed by atoms with Gasteiger partial charge >= 0.3 is 0 Å². The number of hydrogen-bond donors (Lipinski definition) is 1. The summed E-state index contributed by atoms with van der Waals surface area (Å²) in [6.07, 6.45) is 4.89. The molecule has 0 atom stereocenters. The zero-order valence-corrected chi connectivity index (χ0v) is 9.70. The van der Waals surface area contributed by atoms with Gasteiger partial charge in [0.25, 0.3) is 5.56 Å². The molecule has 0 saturated heterocycles. The maximum absolute atomic E-state index is 11.6. The number of unbranched alkanes of at least 4 members (excludes halogenated alkanes) is 1. The number of H-pyrrole nitrogens is 1.